The molecule has 10 heteroatoms. The quantitative estimate of drug-likeness (QED) is 0.721. The maximum atomic E-state index is 12.2. The van der Waals surface area contributed by atoms with Crippen LogP contribution >= 0.6 is 12.2 Å². The summed E-state index contributed by atoms with van der Waals surface area (Å²) in [6.07, 6.45) is -3.41. The molecule has 1 aromatic rings. The van der Waals surface area contributed by atoms with E-state index in [9.17, 15) is 18.0 Å². The van der Waals surface area contributed by atoms with Gasteiger partial charge in [-0.2, -0.15) is 0 Å². The van der Waals surface area contributed by atoms with Crippen LogP contribution < -0.4 is 10.1 Å². The minimum absolute atomic E-state index is 0.0987. The van der Waals surface area contributed by atoms with Crippen LogP contribution in [-0.2, 0) is 4.74 Å². The SMILES string of the molecule is CC(C)C1COC(=O)N1C1CCN(C(=S)Nc2ccc(OC(F)(F)F)cc2)CC1. The summed E-state index contributed by atoms with van der Waals surface area (Å²) in [5.41, 5.74) is 0.578. The van der Waals surface area contributed by atoms with E-state index in [-0.39, 0.29) is 23.9 Å². The number of likely N-dealkylation sites (tertiary alicyclic amines) is 1. The Kier molecular flexibility index (Phi) is 6.40. The molecule has 2 aliphatic rings. The van der Waals surface area contributed by atoms with E-state index < -0.39 is 6.36 Å². The zero-order chi connectivity index (χ0) is 21.2. The summed E-state index contributed by atoms with van der Waals surface area (Å²) in [5.74, 6) is 0.0403. The molecule has 6 nitrogen and oxygen atoms in total. The van der Waals surface area contributed by atoms with Gasteiger partial charge in [0.15, 0.2) is 5.11 Å². The van der Waals surface area contributed by atoms with Crippen molar-refractivity contribution in [3.05, 3.63) is 24.3 Å². The van der Waals surface area contributed by atoms with Gasteiger partial charge >= 0.3 is 12.5 Å². The fourth-order valence-corrected chi connectivity index (χ4v) is 3.97. The standard InChI is InChI=1S/C19H24F3N3O3S/c1-12(2)16-11-27-18(26)25(16)14-7-9-24(10-8-14)17(29)23-13-3-5-15(6-4-13)28-19(20,21)22/h3-6,12,14,16H,7-11H2,1-2H3,(H,23,29). The van der Waals surface area contributed by atoms with E-state index in [0.29, 0.717) is 36.4 Å². The van der Waals surface area contributed by atoms with Crippen molar-refractivity contribution < 1.29 is 27.4 Å². The Labute approximate surface area is 172 Å². The highest BCUT2D eigenvalue weighted by Gasteiger charge is 2.40. The van der Waals surface area contributed by atoms with Gasteiger partial charge in [-0.05, 0) is 55.2 Å². The van der Waals surface area contributed by atoms with Crippen LogP contribution in [0.25, 0.3) is 0 Å². The van der Waals surface area contributed by atoms with Gasteiger partial charge in [0.25, 0.3) is 0 Å². The van der Waals surface area contributed by atoms with Crippen molar-refractivity contribution in [1.82, 2.24) is 9.80 Å². The second-order valence-electron chi connectivity index (χ2n) is 7.52. The molecule has 0 radical (unpaired) electrons. The monoisotopic (exact) mass is 431 g/mol. The van der Waals surface area contributed by atoms with Crippen molar-refractivity contribution >= 4 is 29.1 Å². The number of alkyl halides is 3. The molecule has 3 rings (SSSR count). The Morgan fingerprint density at radius 1 is 1.24 bits per heavy atom. The first kappa shape index (κ1) is 21.5. The Morgan fingerprint density at radius 2 is 1.86 bits per heavy atom. The number of nitrogens with zero attached hydrogens (tertiary/aromatic N) is 2. The molecule has 1 atom stereocenters. The van der Waals surface area contributed by atoms with Gasteiger partial charge < -0.3 is 19.7 Å². The number of ether oxygens (including phenoxy) is 2. The first-order chi connectivity index (χ1) is 13.6. The highest BCUT2D eigenvalue weighted by molar-refractivity contribution is 7.80. The summed E-state index contributed by atoms with van der Waals surface area (Å²) in [7, 11) is 0. The smallest absolute Gasteiger partial charge is 0.447 e. The molecule has 160 valence electrons. The Hall–Kier alpha value is -2.23. The molecule has 0 aliphatic carbocycles. The summed E-state index contributed by atoms with van der Waals surface area (Å²) in [6.45, 7) is 5.96. The van der Waals surface area contributed by atoms with E-state index >= 15 is 0 Å². The van der Waals surface area contributed by atoms with E-state index in [1.807, 2.05) is 9.80 Å². The fourth-order valence-electron chi connectivity index (χ4n) is 3.67. The van der Waals surface area contributed by atoms with Crippen molar-refractivity contribution in [3.8, 4) is 5.75 Å². The number of amides is 1. The number of rotatable bonds is 4. The van der Waals surface area contributed by atoms with Gasteiger partial charge in [-0.3, -0.25) is 4.90 Å². The minimum atomic E-state index is -4.72. The fraction of sp³-hybridized carbons (Fsp3) is 0.579. The molecular weight excluding hydrogens is 407 g/mol. The number of thiocarbonyl (C=S) groups is 1. The van der Waals surface area contributed by atoms with Crippen LogP contribution in [-0.4, -0.2) is 59.1 Å². The molecule has 0 spiro atoms. The maximum Gasteiger partial charge on any atom is 0.573 e. The van der Waals surface area contributed by atoms with Gasteiger partial charge in [0.2, 0.25) is 0 Å². The summed E-state index contributed by atoms with van der Waals surface area (Å²) in [4.78, 5) is 16.0. The second kappa shape index (κ2) is 8.64. The molecule has 2 heterocycles. The number of nitrogens with one attached hydrogen (secondary N) is 1. The van der Waals surface area contributed by atoms with Gasteiger partial charge in [0.05, 0.1) is 6.04 Å². The lowest BCUT2D eigenvalue weighted by Gasteiger charge is -2.39. The predicted octanol–water partition coefficient (Wildman–Crippen LogP) is 4.22. The highest BCUT2D eigenvalue weighted by atomic mass is 32.1. The van der Waals surface area contributed by atoms with Crippen molar-refractivity contribution in [2.75, 3.05) is 25.0 Å². The van der Waals surface area contributed by atoms with Gasteiger partial charge in [0.1, 0.15) is 12.4 Å². The molecule has 0 bridgehead atoms. The van der Waals surface area contributed by atoms with Gasteiger partial charge in [-0.25, -0.2) is 4.79 Å². The van der Waals surface area contributed by atoms with E-state index in [4.69, 9.17) is 17.0 Å². The van der Waals surface area contributed by atoms with E-state index in [1.165, 1.54) is 24.3 Å². The summed E-state index contributed by atoms with van der Waals surface area (Å²) < 4.78 is 45.8. The number of halogens is 3. The average Bonchev–Trinajstić information content (AvgIpc) is 3.04. The zero-order valence-electron chi connectivity index (χ0n) is 16.2. The molecule has 1 unspecified atom stereocenters. The lowest BCUT2D eigenvalue weighted by molar-refractivity contribution is -0.274. The average molecular weight is 431 g/mol. The second-order valence-corrected chi connectivity index (χ2v) is 7.90. The van der Waals surface area contributed by atoms with Gasteiger partial charge in [-0.15, -0.1) is 13.2 Å². The lowest BCUT2D eigenvalue weighted by atomic mass is 9.98. The minimum Gasteiger partial charge on any atom is -0.447 e. The van der Waals surface area contributed by atoms with Crippen LogP contribution in [0.4, 0.5) is 23.7 Å². The van der Waals surface area contributed by atoms with Crippen molar-refractivity contribution in [3.63, 3.8) is 0 Å². The molecule has 29 heavy (non-hydrogen) atoms. The first-order valence-corrected chi connectivity index (χ1v) is 9.91. The lowest BCUT2D eigenvalue weighted by Crippen LogP contribution is -2.51. The third kappa shape index (κ3) is 5.43. The van der Waals surface area contributed by atoms with Crippen LogP contribution in [0.3, 0.4) is 0 Å². The molecule has 2 fully saturated rings. The molecule has 1 amide bonds. The molecule has 0 aromatic heterocycles. The molecule has 1 aromatic carbocycles. The van der Waals surface area contributed by atoms with Crippen molar-refractivity contribution in [1.29, 1.82) is 0 Å². The van der Waals surface area contributed by atoms with Crippen LogP contribution in [0.15, 0.2) is 24.3 Å². The third-order valence-electron chi connectivity index (χ3n) is 5.20. The molecule has 2 saturated heterocycles. The predicted molar refractivity (Wildman–Crippen MR) is 106 cm³/mol. The number of cyclic esters (lactones) is 1. The molecular formula is C19H24F3N3O3S. The van der Waals surface area contributed by atoms with Crippen LogP contribution in [0.5, 0.6) is 5.75 Å². The van der Waals surface area contributed by atoms with Crippen LogP contribution in [0, 0.1) is 5.92 Å². The normalized spacial score (nSPS) is 20.8. The number of hydrogen-bond donors (Lipinski definition) is 1. The van der Waals surface area contributed by atoms with E-state index in [2.05, 4.69) is 23.9 Å². The number of anilines is 1. The van der Waals surface area contributed by atoms with E-state index in [0.717, 1.165) is 12.8 Å². The molecule has 0 saturated carbocycles. The highest BCUT2D eigenvalue weighted by Crippen LogP contribution is 2.28. The number of carbonyl (C=O) groups is 1. The Bertz CT molecular complexity index is 734. The Balaban J connectivity index is 1.52. The largest absolute Gasteiger partial charge is 0.573 e. The van der Waals surface area contributed by atoms with Gasteiger partial charge in [0, 0.05) is 24.8 Å². The summed E-state index contributed by atoms with van der Waals surface area (Å²) >= 11 is 5.44. The number of piperidine rings is 1. The molecule has 1 N–H and O–H groups in total. The number of hydrogen-bond acceptors (Lipinski definition) is 4. The zero-order valence-corrected chi connectivity index (χ0v) is 17.1. The number of benzene rings is 1. The third-order valence-corrected chi connectivity index (χ3v) is 5.56. The number of carbonyl (C=O) groups excluding carboxylic acids is 1. The first-order valence-electron chi connectivity index (χ1n) is 9.51. The van der Waals surface area contributed by atoms with Crippen molar-refractivity contribution in [2.45, 2.75) is 45.1 Å². The molecule has 2 aliphatic heterocycles. The topological polar surface area (TPSA) is 54.0 Å². The van der Waals surface area contributed by atoms with Crippen LogP contribution in [0.2, 0.25) is 0 Å². The van der Waals surface area contributed by atoms with E-state index in [1.54, 1.807) is 0 Å². The summed E-state index contributed by atoms with van der Waals surface area (Å²) in [5, 5.41) is 3.53. The van der Waals surface area contributed by atoms with Crippen LogP contribution in [0.1, 0.15) is 26.7 Å². The van der Waals surface area contributed by atoms with Crippen molar-refractivity contribution in [2.24, 2.45) is 5.92 Å². The Morgan fingerprint density at radius 3 is 2.41 bits per heavy atom. The van der Waals surface area contributed by atoms with Gasteiger partial charge in [-0.1, -0.05) is 13.8 Å². The summed E-state index contributed by atoms with van der Waals surface area (Å²) in [6, 6.07) is 5.64. The maximum absolute atomic E-state index is 12.2.